The van der Waals surface area contributed by atoms with Crippen LogP contribution in [0.4, 0.5) is 0 Å². The molecule has 0 atom stereocenters. The van der Waals surface area contributed by atoms with Gasteiger partial charge in [0, 0.05) is 24.6 Å². The van der Waals surface area contributed by atoms with Gasteiger partial charge in [0.1, 0.15) is 28.8 Å². The first-order valence-corrected chi connectivity index (χ1v) is 8.57. The number of carbonyl (C=O) groups is 1. The maximum Gasteiger partial charge on any atom is 0.347 e. The van der Waals surface area contributed by atoms with Crippen molar-refractivity contribution in [2.45, 2.75) is 20.3 Å². The summed E-state index contributed by atoms with van der Waals surface area (Å²) in [5.41, 5.74) is -0.0712. The largest absolute Gasteiger partial charge is 0.493 e. The molecule has 5 heteroatoms. The van der Waals surface area contributed by atoms with Crippen molar-refractivity contribution >= 4 is 16.8 Å². The standard InChI is InChI=1S/C22H18O5/c1-3-10-25-16-12-19(26-11-4-2)17-14-18(22(24)27-20(17)13-16)21(23)15-8-6-5-7-9-15/h5-9,12-14H,4,11H2,1-2H3. The Morgan fingerprint density at radius 2 is 1.93 bits per heavy atom. The van der Waals surface area contributed by atoms with Gasteiger partial charge in [-0.3, -0.25) is 4.79 Å². The highest BCUT2D eigenvalue weighted by Gasteiger charge is 2.18. The van der Waals surface area contributed by atoms with E-state index in [4.69, 9.17) is 13.9 Å². The van der Waals surface area contributed by atoms with Gasteiger partial charge in [-0.15, -0.1) is 0 Å². The van der Waals surface area contributed by atoms with Crippen LogP contribution in [0.3, 0.4) is 0 Å². The van der Waals surface area contributed by atoms with Crippen molar-refractivity contribution in [2.75, 3.05) is 6.61 Å². The summed E-state index contributed by atoms with van der Waals surface area (Å²) < 4.78 is 16.5. The van der Waals surface area contributed by atoms with E-state index < -0.39 is 11.4 Å². The van der Waals surface area contributed by atoms with Crippen LogP contribution in [0.15, 0.2) is 57.7 Å². The topological polar surface area (TPSA) is 65.7 Å². The number of carbonyl (C=O) groups excluding carboxylic acids is 1. The van der Waals surface area contributed by atoms with Crippen LogP contribution >= 0.6 is 0 Å². The molecule has 1 heterocycles. The van der Waals surface area contributed by atoms with Gasteiger partial charge >= 0.3 is 5.63 Å². The van der Waals surface area contributed by atoms with Crippen molar-refractivity contribution in [3.63, 3.8) is 0 Å². The average Bonchev–Trinajstić information content (AvgIpc) is 2.70. The van der Waals surface area contributed by atoms with E-state index >= 15 is 0 Å². The highest BCUT2D eigenvalue weighted by atomic mass is 16.5. The summed E-state index contributed by atoms with van der Waals surface area (Å²) in [6.07, 6.45) is 3.30. The Morgan fingerprint density at radius 1 is 1.15 bits per heavy atom. The van der Waals surface area contributed by atoms with Crippen molar-refractivity contribution in [2.24, 2.45) is 0 Å². The van der Waals surface area contributed by atoms with E-state index in [-0.39, 0.29) is 11.1 Å². The first-order chi connectivity index (χ1) is 13.1. The van der Waals surface area contributed by atoms with Gasteiger partial charge in [-0.1, -0.05) is 43.2 Å². The Balaban J connectivity index is 2.15. The Bertz CT molecular complexity index is 1080. The highest BCUT2D eigenvalue weighted by Crippen LogP contribution is 2.31. The quantitative estimate of drug-likeness (QED) is 0.374. The van der Waals surface area contributed by atoms with Crippen LogP contribution in [0, 0.1) is 12.0 Å². The van der Waals surface area contributed by atoms with Crippen molar-refractivity contribution in [1.82, 2.24) is 0 Å². The third-order valence-electron chi connectivity index (χ3n) is 3.80. The molecule has 0 saturated carbocycles. The minimum atomic E-state index is -0.712. The van der Waals surface area contributed by atoms with E-state index in [1.807, 2.05) is 6.92 Å². The van der Waals surface area contributed by atoms with Crippen LogP contribution in [-0.2, 0) is 0 Å². The molecule has 0 N–H and O–H groups in total. The van der Waals surface area contributed by atoms with E-state index in [9.17, 15) is 9.59 Å². The van der Waals surface area contributed by atoms with Crippen molar-refractivity contribution < 1.29 is 18.7 Å². The lowest BCUT2D eigenvalue weighted by Gasteiger charge is -2.10. The molecule has 136 valence electrons. The lowest BCUT2D eigenvalue weighted by atomic mass is 10.0. The van der Waals surface area contributed by atoms with Crippen molar-refractivity contribution in [1.29, 1.82) is 0 Å². The Labute approximate surface area is 156 Å². The number of fused-ring (bicyclic) bond motifs is 1. The summed E-state index contributed by atoms with van der Waals surface area (Å²) in [6, 6.07) is 13.3. The van der Waals surface area contributed by atoms with Gasteiger partial charge in [0.25, 0.3) is 0 Å². The molecule has 3 rings (SSSR count). The molecule has 0 saturated heterocycles. The van der Waals surface area contributed by atoms with Gasteiger partial charge in [0.15, 0.2) is 5.78 Å². The van der Waals surface area contributed by atoms with Gasteiger partial charge in [-0.05, 0) is 12.5 Å². The van der Waals surface area contributed by atoms with Gasteiger partial charge < -0.3 is 13.9 Å². The van der Waals surface area contributed by atoms with Crippen LogP contribution in [-0.4, -0.2) is 12.4 Å². The summed E-state index contributed by atoms with van der Waals surface area (Å²) in [6.45, 7) is 4.10. The monoisotopic (exact) mass is 362 g/mol. The number of benzene rings is 2. The molecule has 0 fully saturated rings. The highest BCUT2D eigenvalue weighted by molar-refractivity contribution is 6.10. The lowest BCUT2D eigenvalue weighted by molar-refractivity contribution is 0.103. The van der Waals surface area contributed by atoms with Crippen LogP contribution in [0.5, 0.6) is 11.5 Å². The van der Waals surface area contributed by atoms with Gasteiger partial charge in [0.2, 0.25) is 0 Å². The Morgan fingerprint density at radius 3 is 2.63 bits per heavy atom. The molecule has 0 aliphatic heterocycles. The van der Waals surface area contributed by atoms with E-state index in [1.165, 1.54) is 6.07 Å². The second kappa shape index (κ2) is 8.24. The summed E-state index contributed by atoms with van der Waals surface area (Å²) >= 11 is 0. The third-order valence-corrected chi connectivity index (χ3v) is 3.80. The maximum atomic E-state index is 12.7. The lowest BCUT2D eigenvalue weighted by Crippen LogP contribution is -2.15. The maximum absolute atomic E-state index is 12.7. The Hall–Kier alpha value is -3.52. The fourth-order valence-corrected chi connectivity index (χ4v) is 2.57. The van der Waals surface area contributed by atoms with Gasteiger partial charge in [0.05, 0.1) is 12.0 Å². The number of ketones is 1. The molecule has 5 nitrogen and oxygen atoms in total. The molecule has 27 heavy (non-hydrogen) atoms. The number of hydrogen-bond donors (Lipinski definition) is 0. The molecular weight excluding hydrogens is 344 g/mol. The fourth-order valence-electron chi connectivity index (χ4n) is 2.57. The number of ether oxygens (including phenoxy) is 2. The molecule has 0 unspecified atom stereocenters. The zero-order valence-corrected chi connectivity index (χ0v) is 15.1. The van der Waals surface area contributed by atoms with Crippen LogP contribution in [0.1, 0.15) is 36.2 Å². The molecule has 0 amide bonds. The van der Waals surface area contributed by atoms with Crippen molar-refractivity contribution in [3.8, 4) is 23.5 Å². The first-order valence-electron chi connectivity index (χ1n) is 8.57. The zero-order valence-electron chi connectivity index (χ0n) is 15.1. The smallest absolute Gasteiger partial charge is 0.347 e. The van der Waals surface area contributed by atoms with E-state index in [0.29, 0.717) is 29.1 Å². The molecule has 2 aromatic carbocycles. The van der Waals surface area contributed by atoms with Gasteiger partial charge in [-0.25, -0.2) is 4.79 Å². The summed E-state index contributed by atoms with van der Waals surface area (Å²) in [5.74, 6) is 3.09. The second-order valence-corrected chi connectivity index (χ2v) is 5.78. The molecular formula is C22H18O5. The van der Waals surface area contributed by atoms with Gasteiger partial charge in [-0.2, -0.15) is 0 Å². The summed E-state index contributed by atoms with van der Waals surface area (Å²) in [4.78, 5) is 25.1. The minimum absolute atomic E-state index is 0.0444. The average molecular weight is 362 g/mol. The van der Waals surface area contributed by atoms with Crippen LogP contribution < -0.4 is 15.1 Å². The fraction of sp³-hybridized carbons (Fsp3) is 0.182. The van der Waals surface area contributed by atoms with E-state index in [2.05, 4.69) is 12.0 Å². The minimum Gasteiger partial charge on any atom is -0.493 e. The van der Waals surface area contributed by atoms with E-state index in [1.54, 1.807) is 49.4 Å². The normalized spacial score (nSPS) is 10.1. The second-order valence-electron chi connectivity index (χ2n) is 5.78. The third kappa shape index (κ3) is 4.01. The molecule has 0 aliphatic rings. The molecule has 0 radical (unpaired) electrons. The molecule has 1 aromatic heterocycles. The predicted octanol–water partition coefficient (Wildman–Crippen LogP) is 4.17. The number of hydrogen-bond acceptors (Lipinski definition) is 5. The predicted molar refractivity (Wildman–Crippen MR) is 102 cm³/mol. The zero-order chi connectivity index (χ0) is 19.2. The van der Waals surface area contributed by atoms with Crippen LogP contribution in [0.25, 0.3) is 11.0 Å². The first kappa shape index (κ1) is 18.3. The summed E-state index contributed by atoms with van der Waals surface area (Å²) in [5, 5.41) is 0.527. The molecule has 3 aromatic rings. The number of rotatable bonds is 6. The SMILES string of the molecule is CC#COc1cc(OCCC)c2cc(C(=O)c3ccccc3)c(=O)oc2c1. The van der Waals surface area contributed by atoms with E-state index in [0.717, 1.165) is 6.42 Å². The summed E-state index contributed by atoms with van der Waals surface area (Å²) in [7, 11) is 0. The molecule has 0 spiro atoms. The molecule has 0 aliphatic carbocycles. The van der Waals surface area contributed by atoms with Crippen LogP contribution in [0.2, 0.25) is 0 Å². The molecule has 0 bridgehead atoms. The Kier molecular flexibility index (Phi) is 5.58. The van der Waals surface area contributed by atoms with Crippen molar-refractivity contribution in [3.05, 3.63) is 70.1 Å².